The monoisotopic (exact) mass is 446 g/mol. The maximum atomic E-state index is 13.6. The van der Waals surface area contributed by atoms with Gasteiger partial charge in [0.15, 0.2) is 0 Å². The van der Waals surface area contributed by atoms with Crippen LogP contribution < -0.4 is 11.1 Å². The van der Waals surface area contributed by atoms with E-state index in [4.69, 9.17) is 18.0 Å². The van der Waals surface area contributed by atoms with Crippen molar-refractivity contribution in [2.45, 2.75) is 95.1 Å². The van der Waals surface area contributed by atoms with Crippen LogP contribution >= 0.6 is 12.2 Å². The number of benzene rings is 1. The van der Waals surface area contributed by atoms with Gasteiger partial charge in [-0.15, -0.1) is 0 Å². The third kappa shape index (κ3) is 3.64. The van der Waals surface area contributed by atoms with Crippen LogP contribution in [0.2, 0.25) is 0 Å². The number of hydrogen-bond donors (Lipinski definition) is 2. The summed E-state index contributed by atoms with van der Waals surface area (Å²) in [5, 5.41) is 3.76. The van der Waals surface area contributed by atoms with E-state index < -0.39 is 6.43 Å². The molecule has 6 rings (SSSR count). The van der Waals surface area contributed by atoms with Crippen molar-refractivity contribution in [2.24, 2.45) is 28.4 Å². The first-order valence-corrected chi connectivity index (χ1v) is 12.6. The lowest BCUT2D eigenvalue weighted by molar-refractivity contribution is -0.151. The van der Waals surface area contributed by atoms with Gasteiger partial charge < -0.3 is 11.1 Å². The maximum absolute atomic E-state index is 13.6. The fourth-order valence-electron chi connectivity index (χ4n) is 8.06. The lowest BCUT2D eigenvalue weighted by atomic mass is 9.36. The molecule has 2 nitrogen and oxygen atoms in total. The lowest BCUT2D eigenvalue weighted by Crippen LogP contribution is -2.65. The molecule has 5 saturated carbocycles. The van der Waals surface area contributed by atoms with Crippen LogP contribution in [0, 0.1) is 22.7 Å². The highest BCUT2D eigenvalue weighted by Gasteiger charge is 2.66. The van der Waals surface area contributed by atoms with E-state index in [1.807, 2.05) is 0 Å². The smallest absolute Gasteiger partial charge is 0.239 e. The summed E-state index contributed by atoms with van der Waals surface area (Å²) in [5.74, 6) is 0.616. The molecule has 4 bridgehead atoms. The summed E-state index contributed by atoms with van der Waals surface area (Å²) in [4.78, 5) is 1.02. The number of nitrogens with one attached hydrogen (secondary N) is 1. The van der Waals surface area contributed by atoms with E-state index in [0.29, 0.717) is 23.9 Å². The summed E-state index contributed by atoms with van der Waals surface area (Å²) in [6.45, 7) is 2.15. The minimum atomic E-state index is -2.23. The molecular formula is C26H36F2N2S. The predicted octanol–water partition coefficient (Wildman–Crippen LogP) is 5.98. The Labute approximate surface area is 190 Å². The molecule has 0 amide bonds. The van der Waals surface area contributed by atoms with E-state index in [2.05, 4.69) is 42.6 Å². The molecule has 3 N–H and O–H groups in total. The lowest BCUT2D eigenvalue weighted by Gasteiger charge is -2.69. The molecule has 0 radical (unpaired) electrons. The summed E-state index contributed by atoms with van der Waals surface area (Å²) in [5.41, 5.74) is 7.25. The van der Waals surface area contributed by atoms with Crippen molar-refractivity contribution >= 4 is 17.2 Å². The molecule has 5 aliphatic rings. The topological polar surface area (TPSA) is 38.0 Å². The summed E-state index contributed by atoms with van der Waals surface area (Å²) in [6, 6.07) is 11.6. The van der Waals surface area contributed by atoms with Gasteiger partial charge in [0.25, 0.3) is 0 Å². The van der Waals surface area contributed by atoms with Gasteiger partial charge in [0, 0.05) is 23.9 Å². The quantitative estimate of drug-likeness (QED) is 0.546. The molecule has 1 aromatic rings. The van der Waals surface area contributed by atoms with Gasteiger partial charge in [-0.1, -0.05) is 49.5 Å². The van der Waals surface area contributed by atoms with Crippen LogP contribution in [-0.4, -0.2) is 23.5 Å². The summed E-state index contributed by atoms with van der Waals surface area (Å²) >= 11 is 6.13. The molecule has 5 aliphatic carbocycles. The number of nitrogens with two attached hydrogens (primary N) is 1. The van der Waals surface area contributed by atoms with Crippen molar-refractivity contribution in [2.75, 3.05) is 0 Å². The average molecular weight is 447 g/mol. The molecule has 5 heteroatoms. The highest BCUT2D eigenvalue weighted by molar-refractivity contribution is 7.80. The first kappa shape index (κ1) is 21.8. The van der Waals surface area contributed by atoms with Gasteiger partial charge >= 0.3 is 0 Å². The molecule has 2 unspecified atom stereocenters. The molecule has 0 heterocycles. The molecule has 170 valence electrons. The summed E-state index contributed by atoms with van der Waals surface area (Å²) in [6.07, 6.45) is 7.13. The molecule has 0 saturated heterocycles. The largest absolute Gasteiger partial charge is 0.376 e. The summed E-state index contributed by atoms with van der Waals surface area (Å²) < 4.78 is 27.3. The van der Waals surface area contributed by atoms with Gasteiger partial charge in [0.2, 0.25) is 6.43 Å². The Kier molecular flexibility index (Phi) is 5.45. The van der Waals surface area contributed by atoms with Gasteiger partial charge in [-0.3, -0.25) is 0 Å². The van der Waals surface area contributed by atoms with Gasteiger partial charge in [-0.2, -0.15) is 0 Å². The Morgan fingerprint density at radius 3 is 2.26 bits per heavy atom. The van der Waals surface area contributed by atoms with E-state index in [-0.39, 0.29) is 22.7 Å². The molecular weight excluding hydrogens is 410 g/mol. The molecule has 0 aromatic heterocycles. The van der Waals surface area contributed by atoms with Gasteiger partial charge in [-0.05, 0) is 86.0 Å². The Balaban J connectivity index is 1.46. The second kappa shape index (κ2) is 7.76. The van der Waals surface area contributed by atoms with Crippen molar-refractivity contribution in [3.05, 3.63) is 35.9 Å². The number of halogens is 2. The predicted molar refractivity (Wildman–Crippen MR) is 125 cm³/mol. The Bertz CT molecular complexity index is 802. The molecule has 31 heavy (non-hydrogen) atoms. The fraction of sp³-hybridized carbons (Fsp3) is 0.731. The van der Waals surface area contributed by atoms with E-state index in [1.54, 1.807) is 0 Å². The van der Waals surface area contributed by atoms with E-state index >= 15 is 0 Å². The molecule has 5 fully saturated rings. The van der Waals surface area contributed by atoms with Crippen molar-refractivity contribution in [1.29, 1.82) is 0 Å². The van der Waals surface area contributed by atoms with Crippen LogP contribution in [0.15, 0.2) is 30.3 Å². The van der Waals surface area contributed by atoms with Crippen molar-refractivity contribution in [1.82, 2.24) is 5.32 Å². The second-order valence-corrected chi connectivity index (χ2v) is 11.9. The first-order chi connectivity index (χ1) is 14.7. The SMILES string of the molecule is CC1(CC(F)F)C2CC3(C(=S)NC4CCC(N)CC4)CC1CC(c1ccccc1)(C2)C3. The number of hydrogen-bond acceptors (Lipinski definition) is 2. The zero-order chi connectivity index (χ0) is 21.9. The first-order valence-electron chi connectivity index (χ1n) is 12.1. The average Bonchev–Trinajstić information content (AvgIpc) is 2.73. The van der Waals surface area contributed by atoms with Crippen LogP contribution in [0.1, 0.15) is 76.7 Å². The highest BCUT2D eigenvalue weighted by Crippen LogP contribution is 2.72. The normalized spacial score (nSPS) is 43.9. The summed E-state index contributed by atoms with van der Waals surface area (Å²) in [7, 11) is 0. The van der Waals surface area contributed by atoms with E-state index in [0.717, 1.165) is 62.8 Å². The van der Waals surface area contributed by atoms with Crippen LogP contribution in [0.4, 0.5) is 8.78 Å². The second-order valence-electron chi connectivity index (χ2n) is 11.5. The third-order valence-corrected chi connectivity index (χ3v) is 10.2. The van der Waals surface area contributed by atoms with Crippen molar-refractivity contribution < 1.29 is 8.78 Å². The number of rotatable bonds is 5. The number of alkyl halides is 2. The third-order valence-electron chi connectivity index (χ3n) is 9.66. The maximum Gasteiger partial charge on any atom is 0.239 e. The standard InChI is InChI=1S/C26H36F2N2S/c1-24(15-22(27)28)18-11-25(17-5-3-2-4-6-17)12-19(24)14-26(13-18,16-25)23(31)30-21-9-7-20(29)8-10-21/h2-6,18-22H,7-16,29H2,1H3,(H,30,31). The van der Waals surface area contributed by atoms with Crippen molar-refractivity contribution in [3.8, 4) is 0 Å². The Morgan fingerprint density at radius 1 is 1.06 bits per heavy atom. The zero-order valence-electron chi connectivity index (χ0n) is 18.6. The Hall–Kier alpha value is -1.07. The fourth-order valence-corrected chi connectivity index (χ4v) is 8.47. The molecule has 2 atom stereocenters. The number of thiocarbonyl (C=S) groups is 1. The Morgan fingerprint density at radius 2 is 1.68 bits per heavy atom. The van der Waals surface area contributed by atoms with Crippen LogP contribution in [0.5, 0.6) is 0 Å². The van der Waals surface area contributed by atoms with E-state index in [1.165, 1.54) is 5.56 Å². The molecule has 1 aromatic carbocycles. The van der Waals surface area contributed by atoms with Gasteiger partial charge in [-0.25, -0.2) is 8.78 Å². The van der Waals surface area contributed by atoms with Gasteiger partial charge in [0.05, 0.1) is 4.99 Å². The van der Waals surface area contributed by atoms with E-state index in [9.17, 15) is 8.78 Å². The van der Waals surface area contributed by atoms with Crippen molar-refractivity contribution in [3.63, 3.8) is 0 Å². The van der Waals surface area contributed by atoms with Gasteiger partial charge in [0.1, 0.15) is 0 Å². The zero-order valence-corrected chi connectivity index (χ0v) is 19.4. The van der Waals surface area contributed by atoms with Crippen LogP contribution in [0.3, 0.4) is 0 Å². The highest BCUT2D eigenvalue weighted by atomic mass is 32.1. The molecule has 0 aliphatic heterocycles. The minimum Gasteiger partial charge on any atom is -0.376 e. The minimum absolute atomic E-state index is 0.0317. The van der Waals surface area contributed by atoms with Crippen LogP contribution in [-0.2, 0) is 5.41 Å². The van der Waals surface area contributed by atoms with Crippen LogP contribution in [0.25, 0.3) is 0 Å². The molecule has 0 spiro atoms.